The zero-order valence-electron chi connectivity index (χ0n) is 9.63. The average molecular weight is 261 g/mol. The van der Waals surface area contributed by atoms with E-state index in [0.29, 0.717) is 12.4 Å². The molecule has 0 saturated heterocycles. The van der Waals surface area contributed by atoms with Gasteiger partial charge >= 0.3 is 5.97 Å². The van der Waals surface area contributed by atoms with Crippen molar-refractivity contribution in [2.75, 3.05) is 12.4 Å². The van der Waals surface area contributed by atoms with Crippen molar-refractivity contribution in [1.82, 2.24) is 4.98 Å². The minimum absolute atomic E-state index is 0.105. The average Bonchev–Trinajstić information content (AvgIpc) is 2.26. The van der Waals surface area contributed by atoms with E-state index in [-0.39, 0.29) is 23.1 Å². The van der Waals surface area contributed by atoms with Gasteiger partial charge in [-0.2, -0.15) is 0 Å². The summed E-state index contributed by atoms with van der Waals surface area (Å²) in [5, 5.41) is 0.105. The lowest BCUT2D eigenvalue weighted by atomic mass is 10.3. The Hall–Kier alpha value is -1.17. The number of thioether (sulfide) groups is 1. The zero-order chi connectivity index (χ0) is 12.8. The van der Waals surface area contributed by atoms with Crippen molar-refractivity contribution in [2.45, 2.75) is 25.3 Å². The molecule has 0 aromatic carbocycles. The van der Waals surface area contributed by atoms with Gasteiger partial charge in [0.15, 0.2) is 5.82 Å². The number of aromatic nitrogens is 1. The molecule has 1 aromatic heterocycles. The molecule has 0 saturated carbocycles. The number of hydrogen-bond donors (Lipinski definition) is 0. The third-order valence-corrected chi connectivity index (χ3v) is 2.89. The van der Waals surface area contributed by atoms with E-state index in [2.05, 4.69) is 4.98 Å². The predicted molar refractivity (Wildman–Crippen MR) is 60.9 cm³/mol. The van der Waals surface area contributed by atoms with Gasteiger partial charge in [0.1, 0.15) is 10.8 Å². The van der Waals surface area contributed by atoms with Crippen LogP contribution in [-0.4, -0.2) is 23.3 Å². The van der Waals surface area contributed by atoms with Crippen molar-refractivity contribution in [1.29, 1.82) is 0 Å². The van der Waals surface area contributed by atoms with E-state index in [0.717, 1.165) is 17.8 Å². The topological polar surface area (TPSA) is 39.2 Å². The van der Waals surface area contributed by atoms with Gasteiger partial charge in [0.25, 0.3) is 0 Å². The van der Waals surface area contributed by atoms with Crippen molar-refractivity contribution in [3.05, 3.63) is 23.4 Å². The zero-order valence-corrected chi connectivity index (χ0v) is 10.4. The molecule has 1 heterocycles. The van der Waals surface area contributed by atoms with Gasteiger partial charge in [0.05, 0.1) is 18.7 Å². The van der Waals surface area contributed by atoms with Gasteiger partial charge in [-0.05, 0) is 13.8 Å². The summed E-state index contributed by atoms with van der Waals surface area (Å²) in [4.78, 5) is 14.8. The summed E-state index contributed by atoms with van der Waals surface area (Å²) < 4.78 is 30.9. The fourth-order valence-corrected chi connectivity index (χ4v) is 1.96. The maximum atomic E-state index is 13.3. The van der Waals surface area contributed by atoms with Crippen molar-refractivity contribution >= 4 is 17.7 Å². The lowest BCUT2D eigenvalue weighted by Gasteiger charge is -2.04. The highest BCUT2D eigenvalue weighted by Crippen LogP contribution is 2.21. The van der Waals surface area contributed by atoms with Crippen molar-refractivity contribution in [2.24, 2.45) is 0 Å². The van der Waals surface area contributed by atoms with E-state index in [9.17, 15) is 13.6 Å². The summed E-state index contributed by atoms with van der Waals surface area (Å²) in [6.07, 6.45) is 0.177. The van der Waals surface area contributed by atoms with Crippen LogP contribution in [0.3, 0.4) is 0 Å². The number of esters is 1. The van der Waals surface area contributed by atoms with Gasteiger partial charge in [0, 0.05) is 11.8 Å². The molecule has 94 valence electrons. The summed E-state index contributed by atoms with van der Waals surface area (Å²) in [6, 6.07) is 0.801. The molecule has 0 fully saturated rings. The van der Waals surface area contributed by atoms with Gasteiger partial charge in [-0.15, -0.1) is 11.8 Å². The van der Waals surface area contributed by atoms with Crippen LogP contribution in [0.2, 0.25) is 0 Å². The first-order valence-electron chi connectivity index (χ1n) is 5.15. The maximum Gasteiger partial charge on any atom is 0.306 e. The molecule has 6 heteroatoms. The normalized spacial score (nSPS) is 10.4. The number of halogens is 2. The summed E-state index contributed by atoms with van der Waals surface area (Å²) in [7, 11) is 0. The van der Waals surface area contributed by atoms with E-state index in [1.807, 2.05) is 0 Å². The van der Waals surface area contributed by atoms with Crippen LogP contribution < -0.4 is 0 Å². The first-order chi connectivity index (χ1) is 8.04. The van der Waals surface area contributed by atoms with Gasteiger partial charge in [0.2, 0.25) is 0 Å². The Balaban J connectivity index is 2.52. The highest BCUT2D eigenvalue weighted by Gasteiger charge is 2.10. The van der Waals surface area contributed by atoms with E-state index in [1.165, 1.54) is 6.92 Å². The highest BCUT2D eigenvalue weighted by molar-refractivity contribution is 7.99. The molecule has 0 unspecified atom stereocenters. The van der Waals surface area contributed by atoms with Crippen LogP contribution in [0.1, 0.15) is 19.0 Å². The Kier molecular flexibility index (Phi) is 5.34. The van der Waals surface area contributed by atoms with E-state index in [4.69, 9.17) is 4.74 Å². The Morgan fingerprint density at radius 3 is 2.82 bits per heavy atom. The quantitative estimate of drug-likeness (QED) is 0.603. The monoisotopic (exact) mass is 261 g/mol. The number of pyridine rings is 1. The number of ether oxygens (including phenoxy) is 1. The molecule has 0 N–H and O–H groups in total. The Bertz CT molecular complexity index is 413. The summed E-state index contributed by atoms with van der Waals surface area (Å²) in [5.41, 5.74) is 0.144. The third kappa shape index (κ3) is 4.30. The van der Waals surface area contributed by atoms with Crippen LogP contribution in [0, 0.1) is 18.6 Å². The molecule has 3 nitrogen and oxygen atoms in total. The minimum Gasteiger partial charge on any atom is -0.466 e. The van der Waals surface area contributed by atoms with Gasteiger partial charge in [-0.25, -0.2) is 13.8 Å². The fourth-order valence-electron chi connectivity index (χ4n) is 1.10. The number of carbonyl (C=O) groups is 1. The molecular formula is C11H13F2NO2S. The Labute approximate surface area is 103 Å². The molecular weight excluding hydrogens is 248 g/mol. The maximum absolute atomic E-state index is 13.3. The SMILES string of the molecule is CCOC(=O)CCSc1nc(C)c(F)cc1F. The van der Waals surface area contributed by atoms with Crippen molar-refractivity contribution in [3.8, 4) is 0 Å². The molecule has 0 amide bonds. The number of carbonyl (C=O) groups excluding carboxylic acids is 1. The predicted octanol–water partition coefficient (Wildman–Crippen LogP) is 2.71. The van der Waals surface area contributed by atoms with Gasteiger partial charge < -0.3 is 4.74 Å². The third-order valence-electron chi connectivity index (χ3n) is 1.92. The van der Waals surface area contributed by atoms with Crippen LogP contribution in [0.4, 0.5) is 8.78 Å². The molecule has 0 spiro atoms. The first kappa shape index (κ1) is 13.9. The van der Waals surface area contributed by atoms with Crippen LogP contribution in [0.15, 0.2) is 11.1 Å². The Morgan fingerprint density at radius 2 is 2.18 bits per heavy atom. The summed E-state index contributed by atoms with van der Waals surface area (Å²) in [6.45, 7) is 3.51. The lowest BCUT2D eigenvalue weighted by molar-refractivity contribution is -0.142. The second-order valence-corrected chi connectivity index (χ2v) is 4.33. The summed E-state index contributed by atoms with van der Waals surface area (Å²) in [5.74, 6) is -1.35. The smallest absolute Gasteiger partial charge is 0.306 e. The van der Waals surface area contributed by atoms with Crippen LogP contribution in [0.25, 0.3) is 0 Å². The molecule has 0 atom stereocenters. The highest BCUT2D eigenvalue weighted by atomic mass is 32.2. The largest absolute Gasteiger partial charge is 0.466 e. The van der Waals surface area contributed by atoms with E-state index in [1.54, 1.807) is 6.92 Å². The lowest BCUT2D eigenvalue weighted by Crippen LogP contribution is -2.05. The standard InChI is InChI=1S/C11H13F2NO2S/c1-3-16-10(15)4-5-17-11-9(13)6-8(12)7(2)14-11/h6H,3-5H2,1-2H3. The molecule has 1 aromatic rings. The fraction of sp³-hybridized carbons (Fsp3) is 0.455. The van der Waals surface area contributed by atoms with E-state index >= 15 is 0 Å². The van der Waals surface area contributed by atoms with Crippen LogP contribution in [-0.2, 0) is 9.53 Å². The van der Waals surface area contributed by atoms with Crippen LogP contribution >= 0.6 is 11.8 Å². The first-order valence-corrected chi connectivity index (χ1v) is 6.14. The van der Waals surface area contributed by atoms with Gasteiger partial charge in [-0.3, -0.25) is 4.79 Å². The molecule has 1 rings (SSSR count). The molecule has 0 radical (unpaired) electrons. The summed E-state index contributed by atoms with van der Waals surface area (Å²) >= 11 is 1.07. The molecule has 0 aliphatic rings. The second kappa shape index (κ2) is 6.54. The van der Waals surface area contributed by atoms with Crippen molar-refractivity contribution < 1.29 is 18.3 Å². The molecule has 0 bridgehead atoms. The van der Waals surface area contributed by atoms with E-state index < -0.39 is 11.6 Å². The van der Waals surface area contributed by atoms with Crippen LogP contribution in [0.5, 0.6) is 0 Å². The number of nitrogens with zero attached hydrogens (tertiary/aromatic N) is 1. The number of hydrogen-bond acceptors (Lipinski definition) is 4. The molecule has 0 aliphatic carbocycles. The van der Waals surface area contributed by atoms with Gasteiger partial charge in [-0.1, -0.05) is 0 Å². The van der Waals surface area contributed by atoms with Crippen molar-refractivity contribution in [3.63, 3.8) is 0 Å². The Morgan fingerprint density at radius 1 is 1.47 bits per heavy atom. The molecule has 0 aliphatic heterocycles. The number of rotatable bonds is 5. The number of aryl methyl sites for hydroxylation is 1. The molecule has 17 heavy (non-hydrogen) atoms. The minimum atomic E-state index is -0.707. The second-order valence-electron chi connectivity index (χ2n) is 3.25.